The number of halogens is 1. The lowest BCUT2D eigenvalue weighted by atomic mass is 10.2. The Labute approximate surface area is 127 Å². The molecule has 0 spiro atoms. The summed E-state index contributed by atoms with van der Waals surface area (Å²) in [4.78, 5) is 12.2. The van der Waals surface area contributed by atoms with Gasteiger partial charge in [-0.15, -0.1) is 0 Å². The summed E-state index contributed by atoms with van der Waals surface area (Å²) in [7, 11) is -3.89. The first-order valence-corrected chi connectivity index (χ1v) is 7.83. The van der Waals surface area contributed by atoms with Crippen LogP contribution >= 0.6 is 11.6 Å². The lowest BCUT2D eigenvalue weighted by Gasteiger charge is -2.23. The molecule has 1 aromatic carbocycles. The van der Waals surface area contributed by atoms with Crippen molar-refractivity contribution < 1.29 is 17.7 Å². The highest BCUT2D eigenvalue weighted by Gasteiger charge is 2.43. The molecule has 1 N–H and O–H groups in total. The Hall–Kier alpha value is -1.86. The van der Waals surface area contributed by atoms with Gasteiger partial charge in [-0.1, -0.05) is 16.8 Å². The molecule has 0 bridgehead atoms. The van der Waals surface area contributed by atoms with E-state index in [1.54, 1.807) is 0 Å². The van der Waals surface area contributed by atoms with Crippen LogP contribution in [0.4, 0.5) is 5.82 Å². The van der Waals surface area contributed by atoms with E-state index in [4.69, 9.17) is 11.6 Å². The van der Waals surface area contributed by atoms with Crippen LogP contribution in [0, 0.1) is 0 Å². The third kappa shape index (κ3) is 2.93. The second-order valence-corrected chi connectivity index (χ2v) is 7.74. The van der Waals surface area contributed by atoms with Crippen molar-refractivity contribution in [3.8, 4) is 0 Å². The number of amides is 1. The molecule has 112 valence electrons. The van der Waals surface area contributed by atoms with E-state index in [2.05, 4.69) is 15.0 Å². The molecule has 0 aliphatic rings. The van der Waals surface area contributed by atoms with Crippen molar-refractivity contribution in [2.45, 2.75) is 23.5 Å². The van der Waals surface area contributed by atoms with Crippen molar-refractivity contribution in [3.63, 3.8) is 0 Å². The van der Waals surface area contributed by atoms with Crippen molar-refractivity contribution in [2.24, 2.45) is 0 Å². The molecular weight excluding hydrogens is 316 g/mol. The first kappa shape index (κ1) is 15.5. The smallest absolute Gasteiger partial charge is 0.246 e. The van der Waals surface area contributed by atoms with E-state index in [1.165, 1.54) is 50.4 Å². The second-order valence-electron chi connectivity index (χ2n) is 4.81. The zero-order chi connectivity index (χ0) is 15.7. The number of hydrogen-bond donors (Lipinski definition) is 1. The monoisotopic (exact) mass is 328 g/mol. The van der Waals surface area contributed by atoms with Gasteiger partial charge in [0, 0.05) is 11.1 Å². The van der Waals surface area contributed by atoms with Crippen molar-refractivity contribution in [1.82, 2.24) is 5.16 Å². The van der Waals surface area contributed by atoms with E-state index in [9.17, 15) is 13.2 Å². The van der Waals surface area contributed by atoms with Crippen LogP contribution < -0.4 is 5.32 Å². The fourth-order valence-electron chi connectivity index (χ4n) is 1.57. The summed E-state index contributed by atoms with van der Waals surface area (Å²) >= 11 is 5.74. The molecule has 8 heteroatoms. The molecular formula is C13H13ClN2O4S. The molecule has 0 aliphatic heterocycles. The van der Waals surface area contributed by atoms with E-state index in [0.717, 1.165) is 0 Å². The molecule has 0 unspecified atom stereocenters. The minimum atomic E-state index is -3.89. The Morgan fingerprint density at radius 3 is 2.38 bits per heavy atom. The minimum Gasteiger partial charge on any atom is -0.363 e. The first-order valence-electron chi connectivity index (χ1n) is 5.97. The van der Waals surface area contributed by atoms with Gasteiger partial charge in [-0.2, -0.15) is 0 Å². The van der Waals surface area contributed by atoms with Gasteiger partial charge in [0.05, 0.1) is 4.90 Å². The summed E-state index contributed by atoms with van der Waals surface area (Å²) in [6, 6.07) is 7.06. The number of hydrogen-bond acceptors (Lipinski definition) is 5. The maximum absolute atomic E-state index is 12.6. The number of carbonyl (C=O) groups excluding carboxylic acids is 1. The van der Waals surface area contributed by atoms with Crippen molar-refractivity contribution in [2.75, 3.05) is 5.32 Å². The Kier molecular flexibility index (Phi) is 4.06. The average Bonchev–Trinajstić information content (AvgIpc) is 2.91. The van der Waals surface area contributed by atoms with E-state index in [-0.39, 0.29) is 10.7 Å². The highest BCUT2D eigenvalue weighted by molar-refractivity contribution is 7.93. The van der Waals surface area contributed by atoms with Gasteiger partial charge >= 0.3 is 0 Å². The molecule has 1 heterocycles. The fourth-order valence-corrected chi connectivity index (χ4v) is 3.08. The minimum absolute atomic E-state index is 0.0206. The summed E-state index contributed by atoms with van der Waals surface area (Å²) in [6.07, 6.45) is 1.27. The molecule has 21 heavy (non-hydrogen) atoms. The number of anilines is 1. The first-order chi connectivity index (χ1) is 9.75. The lowest BCUT2D eigenvalue weighted by Crippen LogP contribution is -2.44. The number of nitrogens with zero attached hydrogens (tertiary/aromatic N) is 1. The van der Waals surface area contributed by atoms with Gasteiger partial charge in [-0.05, 0) is 38.1 Å². The molecule has 0 atom stereocenters. The molecule has 2 aromatic rings. The highest BCUT2D eigenvalue weighted by atomic mass is 35.5. The van der Waals surface area contributed by atoms with Crippen LogP contribution in [0.2, 0.25) is 5.02 Å². The van der Waals surface area contributed by atoms with Crippen LogP contribution in [-0.4, -0.2) is 24.2 Å². The molecule has 0 fully saturated rings. The number of benzene rings is 1. The van der Waals surface area contributed by atoms with Gasteiger partial charge < -0.3 is 9.84 Å². The predicted octanol–water partition coefficient (Wildman–Crippen LogP) is 2.52. The van der Waals surface area contributed by atoms with Gasteiger partial charge in [0.1, 0.15) is 11.0 Å². The Morgan fingerprint density at radius 1 is 1.24 bits per heavy atom. The second kappa shape index (κ2) is 5.50. The van der Waals surface area contributed by atoms with E-state index >= 15 is 0 Å². The summed E-state index contributed by atoms with van der Waals surface area (Å²) < 4.78 is 28.1. The molecule has 1 aromatic heterocycles. The molecule has 0 saturated heterocycles. The SMILES string of the molecule is CC(C)(C(=O)Nc1ccon1)S(=O)(=O)c1ccc(Cl)cc1. The molecule has 0 radical (unpaired) electrons. The van der Waals surface area contributed by atoms with E-state index in [1.807, 2.05) is 0 Å². The van der Waals surface area contributed by atoms with E-state index in [0.29, 0.717) is 5.02 Å². The molecule has 0 aliphatic carbocycles. The molecule has 2 rings (SSSR count). The zero-order valence-corrected chi connectivity index (χ0v) is 12.9. The van der Waals surface area contributed by atoms with Crippen molar-refractivity contribution >= 4 is 33.2 Å². The summed E-state index contributed by atoms with van der Waals surface area (Å²) in [5.41, 5.74) is 0. The van der Waals surface area contributed by atoms with Crippen LogP contribution in [0.5, 0.6) is 0 Å². The largest absolute Gasteiger partial charge is 0.363 e. The number of nitrogens with one attached hydrogen (secondary N) is 1. The predicted molar refractivity (Wildman–Crippen MR) is 77.8 cm³/mol. The number of aromatic nitrogens is 1. The molecule has 1 amide bonds. The summed E-state index contributed by atoms with van der Waals surface area (Å²) in [5, 5.41) is 6.33. The van der Waals surface area contributed by atoms with E-state index < -0.39 is 20.5 Å². The highest BCUT2D eigenvalue weighted by Crippen LogP contribution is 2.27. The topological polar surface area (TPSA) is 89.3 Å². The number of carbonyl (C=O) groups is 1. The molecule has 6 nitrogen and oxygen atoms in total. The standard InChI is InChI=1S/C13H13ClN2O4S/c1-13(2,12(17)15-11-7-8-20-16-11)21(18,19)10-5-3-9(14)4-6-10/h3-8H,1-2H3,(H,15,16,17). The Bertz CT molecular complexity index is 737. The maximum Gasteiger partial charge on any atom is 0.246 e. The van der Waals surface area contributed by atoms with Crippen LogP contribution in [0.25, 0.3) is 0 Å². The molecule has 0 saturated carbocycles. The van der Waals surface area contributed by atoms with Crippen LogP contribution in [0.15, 0.2) is 46.0 Å². The fraction of sp³-hybridized carbons (Fsp3) is 0.231. The van der Waals surface area contributed by atoms with Gasteiger partial charge in [0.2, 0.25) is 5.91 Å². The number of sulfone groups is 1. The summed E-state index contributed by atoms with van der Waals surface area (Å²) in [6.45, 7) is 2.65. The normalized spacial score (nSPS) is 12.1. The third-order valence-electron chi connectivity index (χ3n) is 3.02. The Morgan fingerprint density at radius 2 is 1.86 bits per heavy atom. The van der Waals surface area contributed by atoms with Crippen molar-refractivity contribution in [3.05, 3.63) is 41.6 Å². The van der Waals surface area contributed by atoms with Crippen LogP contribution in [0.3, 0.4) is 0 Å². The average molecular weight is 329 g/mol. The van der Waals surface area contributed by atoms with Gasteiger partial charge in [0.15, 0.2) is 15.7 Å². The summed E-state index contributed by atoms with van der Waals surface area (Å²) in [5.74, 6) is -0.550. The van der Waals surface area contributed by atoms with Crippen molar-refractivity contribution in [1.29, 1.82) is 0 Å². The maximum atomic E-state index is 12.6. The van der Waals surface area contributed by atoms with Crippen LogP contribution in [0.1, 0.15) is 13.8 Å². The third-order valence-corrected chi connectivity index (χ3v) is 5.70. The van der Waals surface area contributed by atoms with Gasteiger partial charge in [-0.25, -0.2) is 8.42 Å². The van der Waals surface area contributed by atoms with Gasteiger partial charge in [-0.3, -0.25) is 4.79 Å². The van der Waals surface area contributed by atoms with Crippen LogP contribution in [-0.2, 0) is 14.6 Å². The number of rotatable bonds is 4. The van der Waals surface area contributed by atoms with Gasteiger partial charge in [0.25, 0.3) is 0 Å². The quantitative estimate of drug-likeness (QED) is 0.931. The zero-order valence-electron chi connectivity index (χ0n) is 11.3. The Balaban J connectivity index is 2.32. The lowest BCUT2D eigenvalue weighted by molar-refractivity contribution is -0.117.